The zero-order valence-corrected chi connectivity index (χ0v) is 9.01. The van der Waals surface area contributed by atoms with Gasteiger partial charge in [-0.15, -0.1) is 0 Å². The highest BCUT2D eigenvalue weighted by Gasteiger charge is 1.99. The number of hydrogen-bond acceptors (Lipinski definition) is 2. The molecule has 0 aromatic heterocycles. The van der Waals surface area contributed by atoms with Gasteiger partial charge < -0.3 is 22.3 Å². The number of nitrogens with zero attached hydrogens (tertiary/aromatic N) is 2. The smallest absolute Gasteiger partial charge is 0.223 e. The number of rotatable bonds is 2. The highest BCUT2D eigenvalue weighted by Crippen LogP contribution is 2.19. The lowest BCUT2D eigenvalue weighted by atomic mass is 10.1. The molecule has 1 rings (SSSR count). The lowest BCUT2D eigenvalue weighted by Crippen LogP contribution is -2.26. The van der Waals surface area contributed by atoms with Crippen LogP contribution >= 0.6 is 0 Å². The molecule has 0 atom stereocenters. The molecule has 0 spiro atoms. The lowest BCUT2D eigenvalue weighted by Gasteiger charge is -2.03. The van der Waals surface area contributed by atoms with E-state index < -0.39 is 0 Å². The second kappa shape index (κ2) is 5.13. The maximum atomic E-state index is 8.94. The van der Waals surface area contributed by atoms with Crippen molar-refractivity contribution in [2.45, 2.75) is 13.5 Å². The first kappa shape index (κ1) is 12.0. The number of hydrogen-bond donors (Lipinski definition) is 4. The molecule has 0 bridgehead atoms. The normalized spacial score (nSPS) is 11.2. The minimum Gasteiger partial charge on any atom is -0.392 e. The third-order valence-corrected chi connectivity index (χ3v) is 1.92. The van der Waals surface area contributed by atoms with E-state index in [4.69, 9.17) is 22.3 Å². The van der Waals surface area contributed by atoms with Gasteiger partial charge in [0, 0.05) is 0 Å². The molecular formula is C10H15N5O. The van der Waals surface area contributed by atoms with E-state index in [2.05, 4.69) is 9.98 Å². The van der Waals surface area contributed by atoms with Crippen molar-refractivity contribution in [2.75, 3.05) is 0 Å². The zero-order valence-electron chi connectivity index (χ0n) is 9.01. The van der Waals surface area contributed by atoms with Crippen molar-refractivity contribution in [1.29, 1.82) is 0 Å². The second-order valence-electron chi connectivity index (χ2n) is 3.29. The molecule has 0 fully saturated rings. The number of aliphatic imine (C=N–C) groups is 2. The third kappa shape index (κ3) is 3.25. The van der Waals surface area contributed by atoms with Crippen LogP contribution in [0, 0.1) is 6.92 Å². The quantitative estimate of drug-likeness (QED) is 0.404. The van der Waals surface area contributed by atoms with E-state index in [9.17, 15) is 0 Å². The lowest BCUT2D eigenvalue weighted by molar-refractivity contribution is 0.282. The average Bonchev–Trinajstić information content (AvgIpc) is 2.19. The fraction of sp³-hybridized carbons (Fsp3) is 0.200. The van der Waals surface area contributed by atoms with Crippen LogP contribution in [0.2, 0.25) is 0 Å². The monoisotopic (exact) mass is 221 g/mol. The Kier molecular flexibility index (Phi) is 3.84. The van der Waals surface area contributed by atoms with Crippen molar-refractivity contribution in [3.8, 4) is 0 Å². The summed E-state index contributed by atoms with van der Waals surface area (Å²) >= 11 is 0. The van der Waals surface area contributed by atoms with Crippen LogP contribution in [0.3, 0.4) is 0 Å². The third-order valence-electron chi connectivity index (χ3n) is 1.92. The molecule has 6 heteroatoms. The number of guanidine groups is 2. The minimum absolute atomic E-state index is 0.000140. The van der Waals surface area contributed by atoms with Crippen molar-refractivity contribution in [3.05, 3.63) is 29.3 Å². The van der Waals surface area contributed by atoms with Crippen molar-refractivity contribution in [2.24, 2.45) is 27.2 Å². The van der Waals surface area contributed by atoms with Gasteiger partial charge in [0.25, 0.3) is 0 Å². The Balaban J connectivity index is 3.02. The molecule has 0 saturated heterocycles. The summed E-state index contributed by atoms with van der Waals surface area (Å²) in [7, 11) is 0. The van der Waals surface area contributed by atoms with Gasteiger partial charge in [-0.1, -0.05) is 12.1 Å². The number of aryl methyl sites for hydroxylation is 1. The van der Waals surface area contributed by atoms with Crippen LogP contribution in [0.5, 0.6) is 0 Å². The van der Waals surface area contributed by atoms with Crippen LogP contribution in [0.15, 0.2) is 28.2 Å². The SMILES string of the molecule is Cc1cc(CO)ccc1N=C(N)N=C(N)N. The number of benzene rings is 1. The molecule has 0 amide bonds. The zero-order chi connectivity index (χ0) is 12.1. The van der Waals surface area contributed by atoms with E-state index in [-0.39, 0.29) is 18.5 Å². The van der Waals surface area contributed by atoms with Crippen molar-refractivity contribution >= 4 is 17.6 Å². The van der Waals surface area contributed by atoms with Crippen molar-refractivity contribution < 1.29 is 5.11 Å². The summed E-state index contributed by atoms with van der Waals surface area (Å²) in [5, 5.41) is 8.94. The topological polar surface area (TPSA) is 123 Å². The Bertz CT molecular complexity index is 435. The van der Waals surface area contributed by atoms with Gasteiger partial charge in [0.15, 0.2) is 5.96 Å². The Morgan fingerprint density at radius 2 is 2.00 bits per heavy atom. The molecule has 0 aliphatic carbocycles. The molecule has 0 heterocycles. The largest absolute Gasteiger partial charge is 0.392 e. The minimum atomic E-state index is -0.133. The highest BCUT2D eigenvalue weighted by atomic mass is 16.3. The Labute approximate surface area is 93.5 Å². The summed E-state index contributed by atoms with van der Waals surface area (Å²) < 4.78 is 0. The molecule has 6 nitrogen and oxygen atoms in total. The highest BCUT2D eigenvalue weighted by molar-refractivity contribution is 5.93. The second-order valence-corrected chi connectivity index (χ2v) is 3.29. The van der Waals surface area contributed by atoms with Crippen LogP contribution in [0.25, 0.3) is 0 Å². The van der Waals surface area contributed by atoms with Crippen LogP contribution in [-0.2, 0) is 6.61 Å². The number of nitrogens with two attached hydrogens (primary N) is 3. The number of aliphatic hydroxyl groups excluding tert-OH is 1. The van der Waals surface area contributed by atoms with E-state index in [1.54, 1.807) is 12.1 Å². The van der Waals surface area contributed by atoms with Gasteiger partial charge in [0.05, 0.1) is 12.3 Å². The summed E-state index contributed by atoms with van der Waals surface area (Å²) in [6.45, 7) is 1.86. The molecular weight excluding hydrogens is 206 g/mol. The first-order valence-electron chi connectivity index (χ1n) is 4.67. The van der Waals surface area contributed by atoms with E-state index in [1.807, 2.05) is 13.0 Å². The average molecular weight is 221 g/mol. The molecule has 0 radical (unpaired) electrons. The fourth-order valence-electron chi connectivity index (χ4n) is 1.22. The van der Waals surface area contributed by atoms with Crippen molar-refractivity contribution in [1.82, 2.24) is 0 Å². The maximum Gasteiger partial charge on any atom is 0.223 e. The first-order chi connectivity index (χ1) is 7.52. The first-order valence-corrected chi connectivity index (χ1v) is 4.67. The van der Waals surface area contributed by atoms with Gasteiger partial charge in [-0.05, 0) is 24.1 Å². The van der Waals surface area contributed by atoms with Gasteiger partial charge >= 0.3 is 0 Å². The number of aliphatic hydroxyl groups is 1. The molecule has 86 valence electrons. The predicted octanol–water partition coefficient (Wildman–Crippen LogP) is -0.293. The molecule has 7 N–H and O–H groups in total. The molecule has 1 aromatic rings. The summed E-state index contributed by atoms with van der Waals surface area (Å²) in [5.74, 6) is -0.134. The maximum absolute atomic E-state index is 8.94. The van der Waals surface area contributed by atoms with E-state index in [0.29, 0.717) is 5.69 Å². The molecule has 0 aliphatic rings. The van der Waals surface area contributed by atoms with Crippen LogP contribution in [-0.4, -0.2) is 17.0 Å². The summed E-state index contributed by atoms with van der Waals surface area (Å²) in [6, 6.07) is 5.33. The molecule has 0 unspecified atom stereocenters. The van der Waals surface area contributed by atoms with E-state index >= 15 is 0 Å². The Morgan fingerprint density at radius 3 is 2.50 bits per heavy atom. The molecule has 16 heavy (non-hydrogen) atoms. The standard InChI is InChI=1S/C10H15N5O/c1-6-4-7(5-16)2-3-8(6)14-10(13)15-9(11)12/h2-4,16H,5H2,1H3,(H6,11,12,13,14,15). The van der Waals surface area contributed by atoms with Crippen LogP contribution < -0.4 is 17.2 Å². The van der Waals surface area contributed by atoms with Crippen LogP contribution in [0.1, 0.15) is 11.1 Å². The molecule has 1 aromatic carbocycles. The fourth-order valence-corrected chi connectivity index (χ4v) is 1.22. The van der Waals surface area contributed by atoms with Crippen LogP contribution in [0.4, 0.5) is 5.69 Å². The molecule has 0 aliphatic heterocycles. The Morgan fingerprint density at radius 1 is 1.31 bits per heavy atom. The predicted molar refractivity (Wildman–Crippen MR) is 64.2 cm³/mol. The summed E-state index contributed by atoms with van der Waals surface area (Å²) in [5.41, 5.74) is 18.2. The van der Waals surface area contributed by atoms with Gasteiger partial charge in [0.1, 0.15) is 0 Å². The summed E-state index contributed by atoms with van der Waals surface area (Å²) in [6.07, 6.45) is 0. The van der Waals surface area contributed by atoms with E-state index in [1.165, 1.54) is 0 Å². The van der Waals surface area contributed by atoms with Crippen molar-refractivity contribution in [3.63, 3.8) is 0 Å². The van der Waals surface area contributed by atoms with Gasteiger partial charge in [-0.3, -0.25) is 0 Å². The van der Waals surface area contributed by atoms with E-state index in [0.717, 1.165) is 11.1 Å². The van der Waals surface area contributed by atoms with Gasteiger partial charge in [0.2, 0.25) is 5.96 Å². The van der Waals surface area contributed by atoms with Gasteiger partial charge in [-0.2, -0.15) is 4.99 Å². The van der Waals surface area contributed by atoms with Gasteiger partial charge in [-0.25, -0.2) is 4.99 Å². The Hall–Kier alpha value is -2.08. The summed E-state index contributed by atoms with van der Waals surface area (Å²) in [4.78, 5) is 7.65. The molecule has 0 saturated carbocycles.